The molecule has 5 aliphatic carbocycles. The van der Waals surface area contributed by atoms with Crippen LogP contribution in [0, 0.1) is 56.7 Å². The Hall–Kier alpha value is -1.72. The van der Waals surface area contributed by atoms with Crippen molar-refractivity contribution in [3.05, 3.63) is 11.6 Å². The molecule has 0 spiro atoms. The molecular formula is C41H64O14. The van der Waals surface area contributed by atoms with E-state index in [1.807, 2.05) is 0 Å². The Morgan fingerprint density at radius 3 is 2.11 bits per heavy atom. The summed E-state index contributed by atoms with van der Waals surface area (Å²) in [4.78, 5) is 25.3. The van der Waals surface area contributed by atoms with Crippen molar-refractivity contribution in [2.75, 3.05) is 6.61 Å². The van der Waals surface area contributed by atoms with E-state index in [2.05, 4.69) is 54.5 Å². The van der Waals surface area contributed by atoms with Crippen LogP contribution in [0.2, 0.25) is 0 Å². The van der Waals surface area contributed by atoms with Crippen molar-refractivity contribution in [3.63, 3.8) is 0 Å². The summed E-state index contributed by atoms with van der Waals surface area (Å²) in [5.74, 6) is -1.99. The summed E-state index contributed by atoms with van der Waals surface area (Å²) in [5, 5.41) is 84.4. The normalized spacial score (nSPS) is 54.8. The molecule has 0 aromatic heterocycles. The average Bonchev–Trinajstić information content (AvgIpc) is 3.11. The molecule has 14 heteroatoms. The van der Waals surface area contributed by atoms with Gasteiger partial charge in [-0.15, -0.1) is 0 Å². The zero-order valence-corrected chi connectivity index (χ0v) is 33.2. The van der Waals surface area contributed by atoms with Gasteiger partial charge in [-0.2, -0.15) is 0 Å². The highest BCUT2D eigenvalue weighted by Crippen LogP contribution is 2.76. The van der Waals surface area contributed by atoms with E-state index in [0.29, 0.717) is 12.8 Å². The van der Waals surface area contributed by atoms with Gasteiger partial charge in [0.25, 0.3) is 0 Å². The van der Waals surface area contributed by atoms with Crippen LogP contribution in [-0.2, 0) is 28.5 Å². The van der Waals surface area contributed by atoms with E-state index in [1.54, 1.807) is 0 Å². The first-order valence-corrected chi connectivity index (χ1v) is 20.4. The molecular weight excluding hydrogens is 716 g/mol. The second-order valence-electron chi connectivity index (χ2n) is 19.8. The molecule has 2 saturated heterocycles. The zero-order valence-electron chi connectivity index (χ0n) is 33.2. The molecule has 2 heterocycles. The Morgan fingerprint density at radius 2 is 1.45 bits per heavy atom. The van der Waals surface area contributed by atoms with Crippen LogP contribution in [0.4, 0.5) is 0 Å². The highest BCUT2D eigenvalue weighted by molar-refractivity contribution is 5.77. The summed E-state index contributed by atoms with van der Waals surface area (Å²) in [6.07, 6.45) is -7.96. The van der Waals surface area contributed by atoms with Gasteiger partial charge in [0.2, 0.25) is 0 Å². The number of carboxylic acid groups (broad SMARTS) is 2. The van der Waals surface area contributed by atoms with E-state index >= 15 is 0 Å². The van der Waals surface area contributed by atoms with Crippen molar-refractivity contribution in [2.24, 2.45) is 56.7 Å². The lowest BCUT2D eigenvalue weighted by Crippen LogP contribution is -2.67. The summed E-state index contributed by atoms with van der Waals surface area (Å²) in [7, 11) is 0. The van der Waals surface area contributed by atoms with Crippen LogP contribution in [-0.4, -0.2) is 127 Å². The molecule has 312 valence electrons. The number of aliphatic hydroxyl groups excluding tert-OH is 6. The fraction of sp³-hybridized carbons (Fsp3) is 0.902. The monoisotopic (exact) mass is 780 g/mol. The van der Waals surface area contributed by atoms with Gasteiger partial charge < -0.3 is 59.8 Å². The fourth-order valence-corrected chi connectivity index (χ4v) is 13.7. The molecule has 6 fully saturated rings. The van der Waals surface area contributed by atoms with Crippen molar-refractivity contribution in [1.29, 1.82) is 0 Å². The Bertz CT molecular complexity index is 1540. The molecule has 8 N–H and O–H groups in total. The Kier molecular flexibility index (Phi) is 10.5. The van der Waals surface area contributed by atoms with Gasteiger partial charge >= 0.3 is 11.9 Å². The van der Waals surface area contributed by atoms with Crippen LogP contribution in [0.1, 0.15) is 99.8 Å². The quantitative estimate of drug-likeness (QED) is 0.143. The van der Waals surface area contributed by atoms with Gasteiger partial charge in [-0.3, -0.25) is 4.79 Å². The number of fused-ring (bicyclic) bond motifs is 7. The number of allylic oxidation sites excluding steroid dienone is 2. The minimum Gasteiger partial charge on any atom is -0.481 e. The predicted molar refractivity (Wildman–Crippen MR) is 194 cm³/mol. The molecule has 0 radical (unpaired) electrons. The zero-order chi connectivity index (χ0) is 40.4. The minimum atomic E-state index is -1.90. The van der Waals surface area contributed by atoms with E-state index in [4.69, 9.17) is 18.9 Å². The van der Waals surface area contributed by atoms with Crippen LogP contribution in [0.15, 0.2) is 11.6 Å². The maximum absolute atomic E-state index is 13.1. The van der Waals surface area contributed by atoms with Gasteiger partial charge in [0.1, 0.15) is 36.6 Å². The number of rotatable bonds is 6. The molecule has 4 saturated carbocycles. The van der Waals surface area contributed by atoms with E-state index < -0.39 is 90.3 Å². The first-order chi connectivity index (χ1) is 25.6. The molecule has 7 aliphatic rings. The Labute approximate surface area is 323 Å². The number of hydrogen-bond acceptors (Lipinski definition) is 12. The van der Waals surface area contributed by atoms with E-state index in [9.17, 15) is 50.4 Å². The Morgan fingerprint density at radius 1 is 0.764 bits per heavy atom. The van der Waals surface area contributed by atoms with Crippen molar-refractivity contribution < 1.29 is 69.4 Å². The second kappa shape index (κ2) is 13.9. The summed E-state index contributed by atoms with van der Waals surface area (Å²) in [5.41, 5.74) is -0.665. The summed E-state index contributed by atoms with van der Waals surface area (Å²) < 4.78 is 23.8. The van der Waals surface area contributed by atoms with Crippen LogP contribution < -0.4 is 0 Å². The van der Waals surface area contributed by atoms with Gasteiger partial charge in [0.15, 0.2) is 18.7 Å². The first-order valence-electron chi connectivity index (χ1n) is 20.4. The van der Waals surface area contributed by atoms with Crippen LogP contribution in [0.25, 0.3) is 0 Å². The third-order valence-electron chi connectivity index (χ3n) is 17.3. The average molecular weight is 781 g/mol. The molecule has 0 aromatic carbocycles. The minimum absolute atomic E-state index is 0.0105. The third kappa shape index (κ3) is 5.93. The molecule has 20 atom stereocenters. The second-order valence-corrected chi connectivity index (χ2v) is 19.8. The fourth-order valence-electron chi connectivity index (χ4n) is 13.7. The smallest absolute Gasteiger partial charge is 0.335 e. The van der Waals surface area contributed by atoms with E-state index in [-0.39, 0.29) is 58.9 Å². The third-order valence-corrected chi connectivity index (χ3v) is 17.3. The summed E-state index contributed by atoms with van der Waals surface area (Å²) >= 11 is 0. The summed E-state index contributed by atoms with van der Waals surface area (Å²) in [6.45, 7) is 15.3. The van der Waals surface area contributed by atoms with Crippen molar-refractivity contribution in [3.8, 4) is 0 Å². The highest BCUT2D eigenvalue weighted by Gasteiger charge is 2.70. The molecule has 20 unspecified atom stereocenters. The van der Waals surface area contributed by atoms with E-state index in [1.165, 1.54) is 5.57 Å². The Balaban J connectivity index is 1.16. The van der Waals surface area contributed by atoms with Gasteiger partial charge in [0, 0.05) is 0 Å². The molecule has 7 rings (SSSR count). The molecule has 2 aliphatic heterocycles. The number of aliphatic carboxylic acids is 2. The number of carboxylic acids is 2. The number of carbonyl (C=O) groups is 2. The largest absolute Gasteiger partial charge is 0.481 e. The molecule has 0 bridgehead atoms. The van der Waals surface area contributed by atoms with Gasteiger partial charge in [-0.25, -0.2) is 4.79 Å². The van der Waals surface area contributed by atoms with Gasteiger partial charge in [-0.05, 0) is 103 Å². The highest BCUT2D eigenvalue weighted by atomic mass is 16.8. The molecule has 55 heavy (non-hydrogen) atoms. The van der Waals surface area contributed by atoms with Crippen molar-refractivity contribution in [2.45, 2.75) is 167 Å². The lowest BCUT2D eigenvalue weighted by molar-refractivity contribution is -0.366. The SMILES string of the molecule is CC1C(O)CC2(C(=O)O)CCC3(C)C(=CCC4C5(C)CCC(OC6OC(C(=O)O)C(O)C(O)C6OC6OCC(O)C(O)C6O)C(C)(C)C5CCC43C)C2C1C. The van der Waals surface area contributed by atoms with Crippen LogP contribution in [0.5, 0.6) is 0 Å². The van der Waals surface area contributed by atoms with Crippen LogP contribution >= 0.6 is 0 Å². The number of aliphatic hydroxyl groups is 6. The standard InChI is InChI=1S/C41H64O14/c1-18-19(2)26-20-8-9-24-38(5)12-11-25(37(3,4)23(38)10-13-40(24,7)39(20,6)14-15-41(26,36(50)51)16-21(18)42)53-35-32(29(46)28(45)31(54-35)33(48)49)55-34-30(47)27(44)22(43)17-52-34/h8,18-19,21-32,34-35,42-47H,9-17H2,1-7H3,(H,48,49)(H,50,51). The lowest BCUT2D eigenvalue weighted by atomic mass is 9.33. The summed E-state index contributed by atoms with van der Waals surface area (Å²) in [6, 6.07) is 0. The maximum atomic E-state index is 13.1. The van der Waals surface area contributed by atoms with Crippen LogP contribution in [0.3, 0.4) is 0 Å². The first kappa shape index (κ1) is 41.4. The lowest BCUT2D eigenvalue weighted by Gasteiger charge is -2.71. The van der Waals surface area contributed by atoms with Gasteiger partial charge in [0.05, 0.1) is 24.2 Å². The van der Waals surface area contributed by atoms with Gasteiger partial charge in [-0.1, -0.05) is 60.1 Å². The number of hydrogen-bond donors (Lipinski definition) is 8. The predicted octanol–water partition coefficient (Wildman–Crippen LogP) is 2.44. The number of ether oxygens (including phenoxy) is 4. The van der Waals surface area contributed by atoms with Crippen molar-refractivity contribution in [1.82, 2.24) is 0 Å². The van der Waals surface area contributed by atoms with E-state index in [0.717, 1.165) is 32.1 Å². The maximum Gasteiger partial charge on any atom is 0.335 e. The van der Waals surface area contributed by atoms with Crippen molar-refractivity contribution >= 4 is 11.9 Å². The molecule has 0 amide bonds. The topological polar surface area (TPSA) is 233 Å². The molecule has 0 aromatic rings. The molecule has 14 nitrogen and oxygen atoms in total.